The van der Waals surface area contributed by atoms with Crippen LogP contribution in [0.2, 0.25) is 5.02 Å². The smallest absolute Gasteiger partial charge is 0.168 e. The van der Waals surface area contributed by atoms with Gasteiger partial charge in [-0.1, -0.05) is 64.4 Å². The summed E-state index contributed by atoms with van der Waals surface area (Å²) in [5.41, 5.74) is 1.90. The van der Waals surface area contributed by atoms with Gasteiger partial charge in [0.1, 0.15) is 11.5 Å². The van der Waals surface area contributed by atoms with E-state index in [2.05, 4.69) is 17.2 Å². The fourth-order valence-corrected chi connectivity index (χ4v) is 2.37. The fraction of sp³-hybridized carbons (Fsp3) is 0.474. The third kappa shape index (κ3) is 6.85. The van der Waals surface area contributed by atoms with Crippen molar-refractivity contribution in [2.24, 2.45) is 0 Å². The lowest BCUT2D eigenvalue weighted by Crippen LogP contribution is -2.29. The number of aromatic nitrogens is 2. The van der Waals surface area contributed by atoms with Crippen LogP contribution in [0.4, 0.5) is 0 Å². The summed E-state index contributed by atoms with van der Waals surface area (Å²) in [6, 6.07) is 7.91. The molecule has 3 rings (SSSR count). The molecule has 0 spiro atoms. The molecule has 1 aliphatic rings. The Morgan fingerprint density at radius 1 is 1.25 bits per heavy atom. The van der Waals surface area contributed by atoms with E-state index in [0.29, 0.717) is 5.69 Å². The average Bonchev–Trinajstić information content (AvgIpc) is 3.09. The number of nitrogens with one attached hydrogen (secondary N) is 1. The van der Waals surface area contributed by atoms with Crippen LogP contribution in [0.15, 0.2) is 30.5 Å². The van der Waals surface area contributed by atoms with E-state index < -0.39 is 0 Å². The van der Waals surface area contributed by atoms with Gasteiger partial charge in [-0.15, -0.1) is 0 Å². The Labute approximate surface area is 151 Å². The molecule has 0 fully saturated rings. The molecule has 1 aromatic heterocycles. The minimum atomic E-state index is 0.682. The number of rotatable bonds is 2. The van der Waals surface area contributed by atoms with Crippen LogP contribution in [0.3, 0.4) is 0 Å². The van der Waals surface area contributed by atoms with E-state index in [1.165, 1.54) is 5.56 Å². The van der Waals surface area contributed by atoms with Crippen LogP contribution in [0, 0.1) is 0 Å². The number of halogens is 1. The lowest BCUT2D eigenvalue weighted by molar-refractivity contribution is 0.111. The standard InChI is InChI=1S/C8H9Cl.C7H9N3O.2C2H6/c1-2-7-5-3-4-6-8(7)9;11-5-6-3-9-7-4-8-1-2-10(6)7;2*1-2/h3-6H,2H2,1H3;3,5,8H,1-2,4H2;2*1-2H3. The summed E-state index contributed by atoms with van der Waals surface area (Å²) in [5.74, 6) is 0.957. The van der Waals surface area contributed by atoms with Crippen molar-refractivity contribution >= 4 is 17.9 Å². The number of hydrogen-bond donors (Lipinski definition) is 1. The Hall–Kier alpha value is -1.65. The van der Waals surface area contributed by atoms with E-state index in [1.54, 1.807) is 6.20 Å². The summed E-state index contributed by atoms with van der Waals surface area (Å²) in [6.07, 6.45) is 3.48. The first-order valence-corrected chi connectivity index (χ1v) is 9.07. The highest BCUT2D eigenvalue weighted by molar-refractivity contribution is 6.31. The monoisotopic (exact) mass is 351 g/mol. The SMILES string of the molecule is CC.CC.CCc1ccccc1Cl.O=Cc1cnc2n1CCNC2. The minimum Gasteiger partial charge on any atom is -0.323 e. The number of aryl methyl sites for hydroxylation is 1. The van der Waals surface area contributed by atoms with E-state index >= 15 is 0 Å². The zero-order valence-corrected chi connectivity index (χ0v) is 16.2. The molecule has 4 nitrogen and oxygen atoms in total. The highest BCUT2D eigenvalue weighted by Gasteiger charge is 2.11. The Balaban J connectivity index is 0.000000371. The largest absolute Gasteiger partial charge is 0.323 e. The molecule has 0 radical (unpaired) electrons. The van der Waals surface area contributed by atoms with Gasteiger partial charge in [-0.2, -0.15) is 0 Å². The molecule has 5 heteroatoms. The number of nitrogens with zero attached hydrogens (tertiary/aromatic N) is 2. The maximum absolute atomic E-state index is 10.5. The highest BCUT2D eigenvalue weighted by atomic mass is 35.5. The van der Waals surface area contributed by atoms with Gasteiger partial charge in [0.05, 0.1) is 12.7 Å². The normalized spacial score (nSPS) is 11.4. The fourth-order valence-electron chi connectivity index (χ4n) is 2.10. The molecule has 0 unspecified atom stereocenters. The van der Waals surface area contributed by atoms with Crippen molar-refractivity contribution in [2.75, 3.05) is 6.54 Å². The van der Waals surface area contributed by atoms with Crippen LogP contribution in [0.5, 0.6) is 0 Å². The number of benzene rings is 1. The number of aldehydes is 1. The summed E-state index contributed by atoms with van der Waals surface area (Å²) >= 11 is 5.82. The van der Waals surface area contributed by atoms with Crippen molar-refractivity contribution < 1.29 is 4.79 Å². The summed E-state index contributed by atoms with van der Waals surface area (Å²) in [4.78, 5) is 14.6. The predicted molar refractivity (Wildman–Crippen MR) is 103 cm³/mol. The van der Waals surface area contributed by atoms with Crippen LogP contribution in [-0.2, 0) is 19.5 Å². The summed E-state index contributed by atoms with van der Waals surface area (Å²) < 4.78 is 1.95. The molecular formula is C19H30ClN3O. The third-order valence-corrected chi connectivity index (χ3v) is 3.59. The maximum atomic E-state index is 10.5. The quantitative estimate of drug-likeness (QED) is 0.794. The van der Waals surface area contributed by atoms with Crippen molar-refractivity contribution in [1.82, 2.24) is 14.9 Å². The second kappa shape index (κ2) is 13.8. The van der Waals surface area contributed by atoms with E-state index in [1.807, 2.05) is 56.5 Å². The molecule has 2 aromatic rings. The molecule has 1 N–H and O–H groups in total. The first-order valence-electron chi connectivity index (χ1n) is 8.70. The summed E-state index contributed by atoms with van der Waals surface area (Å²) in [7, 11) is 0. The van der Waals surface area contributed by atoms with Gasteiger partial charge in [0.2, 0.25) is 0 Å². The van der Waals surface area contributed by atoms with Gasteiger partial charge in [0, 0.05) is 18.1 Å². The second-order valence-electron chi connectivity index (χ2n) is 4.49. The number of fused-ring (bicyclic) bond motifs is 1. The van der Waals surface area contributed by atoms with E-state index in [9.17, 15) is 4.79 Å². The van der Waals surface area contributed by atoms with Crippen LogP contribution in [0.25, 0.3) is 0 Å². The third-order valence-electron chi connectivity index (χ3n) is 3.22. The first kappa shape index (κ1) is 22.4. The molecule has 0 amide bonds. The molecule has 1 aliphatic heterocycles. The van der Waals surface area contributed by atoms with Crippen LogP contribution in [-0.4, -0.2) is 22.4 Å². The Morgan fingerprint density at radius 2 is 1.92 bits per heavy atom. The van der Waals surface area contributed by atoms with Crippen LogP contribution >= 0.6 is 11.6 Å². The summed E-state index contributed by atoms with van der Waals surface area (Å²) in [6.45, 7) is 12.6. The van der Waals surface area contributed by atoms with E-state index in [4.69, 9.17) is 11.6 Å². The average molecular weight is 352 g/mol. The molecule has 2 heterocycles. The second-order valence-corrected chi connectivity index (χ2v) is 4.90. The number of carbonyl (C=O) groups is 1. The number of imidazole rings is 1. The van der Waals surface area contributed by atoms with Gasteiger partial charge in [-0.05, 0) is 18.1 Å². The van der Waals surface area contributed by atoms with E-state index in [0.717, 1.165) is 43.2 Å². The predicted octanol–water partition coefficient (Wildman–Crippen LogP) is 4.75. The molecule has 0 bridgehead atoms. The van der Waals surface area contributed by atoms with Crippen molar-refractivity contribution in [1.29, 1.82) is 0 Å². The zero-order chi connectivity index (χ0) is 18.4. The Kier molecular flexibility index (Phi) is 12.8. The van der Waals surface area contributed by atoms with Gasteiger partial charge in [0.25, 0.3) is 0 Å². The molecule has 24 heavy (non-hydrogen) atoms. The van der Waals surface area contributed by atoms with Gasteiger partial charge in [0.15, 0.2) is 6.29 Å². The minimum absolute atomic E-state index is 0.682. The van der Waals surface area contributed by atoms with Crippen molar-refractivity contribution in [3.63, 3.8) is 0 Å². The van der Waals surface area contributed by atoms with Crippen molar-refractivity contribution in [3.05, 3.63) is 52.6 Å². The van der Waals surface area contributed by atoms with Gasteiger partial charge >= 0.3 is 0 Å². The van der Waals surface area contributed by atoms with Crippen molar-refractivity contribution in [3.8, 4) is 0 Å². The van der Waals surface area contributed by atoms with Gasteiger partial charge in [-0.3, -0.25) is 4.79 Å². The lowest BCUT2D eigenvalue weighted by Gasteiger charge is -2.15. The van der Waals surface area contributed by atoms with Gasteiger partial charge in [-0.25, -0.2) is 4.98 Å². The molecule has 0 aliphatic carbocycles. The number of hydrogen-bond acceptors (Lipinski definition) is 3. The topological polar surface area (TPSA) is 46.9 Å². The van der Waals surface area contributed by atoms with Crippen LogP contribution < -0.4 is 5.32 Å². The molecule has 0 saturated heterocycles. The molecule has 0 atom stereocenters. The summed E-state index contributed by atoms with van der Waals surface area (Å²) in [5, 5.41) is 4.05. The molecule has 134 valence electrons. The lowest BCUT2D eigenvalue weighted by atomic mass is 10.2. The Morgan fingerprint density at radius 3 is 2.46 bits per heavy atom. The van der Waals surface area contributed by atoms with Crippen LogP contribution in [0.1, 0.15) is 56.5 Å². The molecule has 0 saturated carbocycles. The highest BCUT2D eigenvalue weighted by Crippen LogP contribution is 2.14. The zero-order valence-electron chi connectivity index (χ0n) is 15.5. The maximum Gasteiger partial charge on any atom is 0.168 e. The van der Waals surface area contributed by atoms with E-state index in [-0.39, 0.29) is 0 Å². The number of carbonyl (C=O) groups excluding carboxylic acids is 1. The molecule has 1 aromatic carbocycles. The molecular weight excluding hydrogens is 322 g/mol. The van der Waals surface area contributed by atoms with Gasteiger partial charge < -0.3 is 9.88 Å². The Bertz CT molecular complexity index is 582. The first-order chi connectivity index (χ1) is 11.8. The van der Waals surface area contributed by atoms with Crippen molar-refractivity contribution in [2.45, 2.75) is 54.1 Å².